The van der Waals surface area contributed by atoms with Gasteiger partial charge in [0, 0.05) is 0 Å². The summed E-state index contributed by atoms with van der Waals surface area (Å²) in [5.41, 5.74) is 1.15. The van der Waals surface area contributed by atoms with E-state index in [1.165, 1.54) is 0 Å². The van der Waals surface area contributed by atoms with Crippen LogP contribution in [0.3, 0.4) is 0 Å². The predicted octanol–water partition coefficient (Wildman–Crippen LogP) is 1.13. The van der Waals surface area contributed by atoms with E-state index in [-0.39, 0.29) is 6.10 Å². The normalized spacial score (nSPS) is 26.4. The Morgan fingerprint density at radius 2 is 2.29 bits per heavy atom. The predicted molar refractivity (Wildman–Crippen MR) is 52.4 cm³/mol. The average molecular weight is 194 g/mol. The molecule has 0 unspecified atom stereocenters. The van der Waals surface area contributed by atoms with E-state index in [0.29, 0.717) is 13.2 Å². The summed E-state index contributed by atoms with van der Waals surface area (Å²) in [6, 6.07) is 7.78. The van der Waals surface area contributed by atoms with Crippen LogP contribution in [0.1, 0.15) is 5.56 Å². The number of hydrogen-bond acceptors (Lipinski definition) is 3. The van der Waals surface area contributed by atoms with Crippen molar-refractivity contribution in [1.82, 2.24) is 0 Å². The van der Waals surface area contributed by atoms with Gasteiger partial charge >= 0.3 is 0 Å². The lowest BCUT2D eigenvalue weighted by Crippen LogP contribution is -2.29. The van der Waals surface area contributed by atoms with E-state index < -0.39 is 6.10 Å². The quantitative estimate of drug-likeness (QED) is 0.767. The van der Waals surface area contributed by atoms with Gasteiger partial charge in [0.25, 0.3) is 0 Å². The molecule has 1 heterocycles. The molecule has 1 aliphatic rings. The summed E-state index contributed by atoms with van der Waals surface area (Å²) < 4.78 is 10.7. The number of aryl methyl sites for hydroxylation is 1. The first kappa shape index (κ1) is 9.49. The molecule has 0 aromatic heterocycles. The maximum absolute atomic E-state index is 9.47. The first-order valence-electron chi connectivity index (χ1n) is 4.75. The molecule has 1 fully saturated rings. The maximum Gasteiger partial charge on any atom is 0.150 e. The van der Waals surface area contributed by atoms with Gasteiger partial charge in [-0.2, -0.15) is 0 Å². The first-order chi connectivity index (χ1) is 6.75. The average Bonchev–Trinajstić information content (AvgIpc) is 2.52. The zero-order valence-corrected chi connectivity index (χ0v) is 8.14. The van der Waals surface area contributed by atoms with Crippen molar-refractivity contribution in [2.24, 2.45) is 0 Å². The SMILES string of the molecule is Cc1cccc(O[C@H]2COC[C@@H]2O)c1. The highest BCUT2D eigenvalue weighted by molar-refractivity contribution is 5.27. The summed E-state index contributed by atoms with van der Waals surface area (Å²) >= 11 is 0. The van der Waals surface area contributed by atoms with E-state index in [4.69, 9.17) is 9.47 Å². The van der Waals surface area contributed by atoms with Crippen molar-refractivity contribution in [2.45, 2.75) is 19.1 Å². The summed E-state index contributed by atoms with van der Waals surface area (Å²) in [6.45, 7) is 2.85. The second-order valence-electron chi connectivity index (χ2n) is 3.58. The van der Waals surface area contributed by atoms with Crippen LogP contribution in [0, 0.1) is 6.92 Å². The molecule has 0 aliphatic carbocycles. The summed E-state index contributed by atoms with van der Waals surface area (Å²) in [5.74, 6) is 0.791. The van der Waals surface area contributed by atoms with Crippen LogP contribution in [0.4, 0.5) is 0 Å². The standard InChI is InChI=1S/C11H14O3/c1-8-3-2-4-9(5-8)14-11-7-13-6-10(11)12/h2-5,10-12H,6-7H2,1H3/t10-,11-/m0/s1. The topological polar surface area (TPSA) is 38.7 Å². The second kappa shape index (κ2) is 3.98. The minimum Gasteiger partial charge on any atom is -0.485 e. The molecule has 3 heteroatoms. The van der Waals surface area contributed by atoms with Crippen LogP contribution in [0.25, 0.3) is 0 Å². The number of hydrogen-bond donors (Lipinski definition) is 1. The largest absolute Gasteiger partial charge is 0.485 e. The van der Waals surface area contributed by atoms with Crippen molar-refractivity contribution in [3.05, 3.63) is 29.8 Å². The Kier molecular flexibility index (Phi) is 2.70. The number of aliphatic hydroxyl groups excluding tert-OH is 1. The maximum atomic E-state index is 9.47. The summed E-state index contributed by atoms with van der Waals surface area (Å²) in [6.07, 6.45) is -0.729. The molecule has 1 aromatic rings. The summed E-state index contributed by atoms with van der Waals surface area (Å²) in [5, 5.41) is 9.47. The fraction of sp³-hybridized carbons (Fsp3) is 0.455. The Hall–Kier alpha value is -1.06. The Morgan fingerprint density at radius 3 is 2.93 bits per heavy atom. The zero-order chi connectivity index (χ0) is 9.97. The molecule has 0 spiro atoms. The first-order valence-corrected chi connectivity index (χ1v) is 4.75. The highest BCUT2D eigenvalue weighted by Gasteiger charge is 2.27. The van der Waals surface area contributed by atoms with E-state index in [1.54, 1.807) is 0 Å². The lowest BCUT2D eigenvalue weighted by atomic mass is 10.2. The van der Waals surface area contributed by atoms with Gasteiger partial charge in [-0.15, -0.1) is 0 Å². The van der Waals surface area contributed by atoms with E-state index in [9.17, 15) is 5.11 Å². The van der Waals surface area contributed by atoms with Crippen molar-refractivity contribution in [1.29, 1.82) is 0 Å². The van der Waals surface area contributed by atoms with Crippen LogP contribution < -0.4 is 4.74 Å². The number of benzene rings is 1. The molecule has 0 saturated carbocycles. The number of ether oxygens (including phenoxy) is 2. The molecule has 1 aromatic carbocycles. The third kappa shape index (κ3) is 2.05. The van der Waals surface area contributed by atoms with Gasteiger partial charge in [-0.25, -0.2) is 0 Å². The molecule has 14 heavy (non-hydrogen) atoms. The summed E-state index contributed by atoms with van der Waals surface area (Å²) in [4.78, 5) is 0. The molecule has 2 atom stereocenters. The van der Waals surface area contributed by atoms with Crippen LogP contribution in [0.15, 0.2) is 24.3 Å². The lowest BCUT2D eigenvalue weighted by Gasteiger charge is -2.15. The van der Waals surface area contributed by atoms with Gasteiger partial charge in [0.2, 0.25) is 0 Å². The Bertz CT molecular complexity index is 311. The zero-order valence-electron chi connectivity index (χ0n) is 8.14. The van der Waals surface area contributed by atoms with Gasteiger partial charge in [0.15, 0.2) is 0 Å². The van der Waals surface area contributed by atoms with Crippen LogP contribution in [-0.2, 0) is 4.74 Å². The fourth-order valence-electron chi connectivity index (χ4n) is 1.50. The van der Waals surface area contributed by atoms with Crippen molar-refractivity contribution >= 4 is 0 Å². The van der Waals surface area contributed by atoms with Gasteiger partial charge in [0.05, 0.1) is 13.2 Å². The Labute approximate surface area is 83.3 Å². The van der Waals surface area contributed by atoms with Crippen molar-refractivity contribution in [3.8, 4) is 5.75 Å². The smallest absolute Gasteiger partial charge is 0.150 e. The molecule has 0 radical (unpaired) electrons. The fourth-order valence-corrected chi connectivity index (χ4v) is 1.50. The van der Waals surface area contributed by atoms with Crippen molar-refractivity contribution in [3.63, 3.8) is 0 Å². The molecule has 0 amide bonds. The number of rotatable bonds is 2. The second-order valence-corrected chi connectivity index (χ2v) is 3.58. The molecule has 3 nitrogen and oxygen atoms in total. The Balaban J connectivity index is 2.03. The van der Waals surface area contributed by atoms with Crippen LogP contribution in [-0.4, -0.2) is 30.5 Å². The van der Waals surface area contributed by atoms with Crippen molar-refractivity contribution in [2.75, 3.05) is 13.2 Å². The minimum absolute atomic E-state index is 0.225. The molecule has 1 N–H and O–H groups in total. The molecular weight excluding hydrogens is 180 g/mol. The van der Waals surface area contributed by atoms with Gasteiger partial charge in [-0.05, 0) is 24.6 Å². The van der Waals surface area contributed by atoms with E-state index in [1.807, 2.05) is 31.2 Å². The molecule has 1 saturated heterocycles. The number of aliphatic hydroxyl groups is 1. The van der Waals surface area contributed by atoms with Gasteiger partial charge in [-0.1, -0.05) is 12.1 Å². The lowest BCUT2D eigenvalue weighted by molar-refractivity contribution is 0.0733. The van der Waals surface area contributed by atoms with Crippen LogP contribution >= 0.6 is 0 Å². The van der Waals surface area contributed by atoms with E-state index >= 15 is 0 Å². The third-order valence-corrected chi connectivity index (χ3v) is 2.28. The minimum atomic E-state index is -0.504. The van der Waals surface area contributed by atoms with Gasteiger partial charge in [0.1, 0.15) is 18.0 Å². The third-order valence-electron chi connectivity index (χ3n) is 2.28. The molecule has 76 valence electrons. The van der Waals surface area contributed by atoms with E-state index in [2.05, 4.69) is 0 Å². The molecule has 2 rings (SSSR count). The van der Waals surface area contributed by atoms with Crippen LogP contribution in [0.5, 0.6) is 5.75 Å². The Morgan fingerprint density at radius 1 is 1.43 bits per heavy atom. The monoisotopic (exact) mass is 194 g/mol. The highest BCUT2D eigenvalue weighted by Crippen LogP contribution is 2.18. The molecule has 1 aliphatic heterocycles. The summed E-state index contributed by atoms with van der Waals surface area (Å²) in [7, 11) is 0. The highest BCUT2D eigenvalue weighted by atomic mass is 16.6. The molecular formula is C11H14O3. The van der Waals surface area contributed by atoms with Crippen LogP contribution in [0.2, 0.25) is 0 Å². The molecule has 0 bridgehead atoms. The van der Waals surface area contributed by atoms with E-state index in [0.717, 1.165) is 11.3 Å². The van der Waals surface area contributed by atoms with Gasteiger partial charge in [-0.3, -0.25) is 0 Å². The van der Waals surface area contributed by atoms with Gasteiger partial charge < -0.3 is 14.6 Å². The van der Waals surface area contributed by atoms with Crippen molar-refractivity contribution < 1.29 is 14.6 Å².